The molecule has 0 spiro atoms. The summed E-state index contributed by atoms with van der Waals surface area (Å²) in [6.07, 6.45) is -0.912. The average molecular weight is 233 g/mol. The number of halogens is 2. The van der Waals surface area contributed by atoms with Crippen molar-refractivity contribution >= 4 is 0 Å². The first-order valence-electron chi connectivity index (χ1n) is 5.59. The predicted octanol–water partition coefficient (Wildman–Crippen LogP) is 2.50. The summed E-state index contributed by atoms with van der Waals surface area (Å²) in [5.74, 6) is -0.0171. The summed E-state index contributed by atoms with van der Waals surface area (Å²) in [5.41, 5.74) is 0. The minimum Gasteiger partial charge on any atom is -0.339 e. The molecular formula is C10H17F2N3O. The Hall–Kier alpha value is -1.04. The lowest BCUT2D eigenvalue weighted by Crippen LogP contribution is -2.26. The molecule has 0 bridgehead atoms. The Morgan fingerprint density at radius 3 is 2.44 bits per heavy atom. The molecule has 1 fully saturated rings. The van der Waals surface area contributed by atoms with E-state index in [1.165, 1.54) is 0 Å². The summed E-state index contributed by atoms with van der Waals surface area (Å²) in [6, 6.07) is 0. The summed E-state index contributed by atoms with van der Waals surface area (Å²) >= 11 is 0. The second-order valence-electron chi connectivity index (χ2n) is 3.32. The van der Waals surface area contributed by atoms with Gasteiger partial charge in [-0.15, -0.1) is 0 Å². The van der Waals surface area contributed by atoms with Crippen LogP contribution in [-0.4, -0.2) is 23.2 Å². The zero-order chi connectivity index (χ0) is 12.0. The second-order valence-corrected chi connectivity index (χ2v) is 3.32. The smallest absolute Gasteiger partial charge is 0.300 e. The maximum absolute atomic E-state index is 12.2. The van der Waals surface area contributed by atoms with Crippen molar-refractivity contribution in [3.8, 4) is 0 Å². The van der Waals surface area contributed by atoms with Crippen LogP contribution in [0.3, 0.4) is 0 Å². The maximum Gasteiger partial charge on any atom is 0.300 e. The Morgan fingerprint density at radius 2 is 1.94 bits per heavy atom. The number of hydrogen-bond donors (Lipinski definition) is 1. The molecular weight excluding hydrogens is 216 g/mol. The van der Waals surface area contributed by atoms with Gasteiger partial charge in [-0.25, -0.2) is 8.78 Å². The van der Waals surface area contributed by atoms with Gasteiger partial charge < -0.3 is 9.84 Å². The quantitative estimate of drug-likeness (QED) is 0.852. The fourth-order valence-corrected chi connectivity index (χ4v) is 1.57. The fraction of sp³-hybridized carbons (Fsp3) is 0.800. The van der Waals surface area contributed by atoms with E-state index in [9.17, 15) is 8.78 Å². The second kappa shape index (κ2) is 6.52. The Kier molecular flexibility index (Phi) is 5.31. The SMILES string of the molecule is CC.FC(F)c1noc(C2CCNCC2)n1. The third kappa shape index (κ3) is 3.23. The Balaban J connectivity index is 0.000000606. The molecule has 1 N–H and O–H groups in total. The monoisotopic (exact) mass is 233 g/mol. The molecule has 1 aromatic rings. The normalized spacial score (nSPS) is 17.1. The molecule has 1 aliphatic heterocycles. The van der Waals surface area contributed by atoms with Gasteiger partial charge in [-0.1, -0.05) is 19.0 Å². The van der Waals surface area contributed by atoms with E-state index in [2.05, 4.69) is 15.5 Å². The van der Waals surface area contributed by atoms with Crippen LogP contribution < -0.4 is 5.32 Å². The molecule has 0 unspecified atom stereocenters. The van der Waals surface area contributed by atoms with Crippen molar-refractivity contribution in [1.82, 2.24) is 15.5 Å². The van der Waals surface area contributed by atoms with Gasteiger partial charge in [-0.2, -0.15) is 4.98 Å². The molecule has 1 aliphatic rings. The highest BCUT2D eigenvalue weighted by Gasteiger charge is 2.23. The topological polar surface area (TPSA) is 51.0 Å². The van der Waals surface area contributed by atoms with Crippen LogP contribution in [0, 0.1) is 0 Å². The third-order valence-corrected chi connectivity index (χ3v) is 2.34. The van der Waals surface area contributed by atoms with Crippen LogP contribution in [0.2, 0.25) is 0 Å². The molecule has 0 aliphatic carbocycles. The standard InChI is InChI=1S/C8H11F2N3O.C2H6/c9-6(10)7-12-8(14-13-7)5-1-3-11-4-2-5;1-2/h5-6,11H,1-4H2;1-2H3. The van der Waals surface area contributed by atoms with Crippen molar-refractivity contribution in [2.75, 3.05) is 13.1 Å². The molecule has 0 amide bonds. The first-order chi connectivity index (χ1) is 7.77. The summed E-state index contributed by atoms with van der Waals surface area (Å²) in [7, 11) is 0. The zero-order valence-electron chi connectivity index (χ0n) is 9.54. The molecule has 2 heterocycles. The summed E-state index contributed by atoms with van der Waals surface area (Å²) in [6.45, 7) is 5.74. The lowest BCUT2D eigenvalue weighted by molar-refractivity contribution is 0.136. The molecule has 2 rings (SSSR count). The van der Waals surface area contributed by atoms with Crippen molar-refractivity contribution in [2.45, 2.75) is 39.0 Å². The van der Waals surface area contributed by atoms with Gasteiger partial charge in [0.25, 0.3) is 0 Å². The lowest BCUT2D eigenvalue weighted by atomic mass is 9.98. The van der Waals surface area contributed by atoms with Crippen molar-refractivity contribution < 1.29 is 13.3 Å². The van der Waals surface area contributed by atoms with Crippen LogP contribution in [0.4, 0.5) is 8.78 Å². The summed E-state index contributed by atoms with van der Waals surface area (Å²) in [5, 5.41) is 6.41. The molecule has 0 radical (unpaired) electrons. The number of nitrogens with zero attached hydrogens (tertiary/aromatic N) is 2. The molecule has 16 heavy (non-hydrogen) atoms. The van der Waals surface area contributed by atoms with E-state index < -0.39 is 12.2 Å². The molecule has 0 atom stereocenters. The van der Waals surface area contributed by atoms with E-state index in [-0.39, 0.29) is 5.92 Å². The van der Waals surface area contributed by atoms with Crippen LogP contribution >= 0.6 is 0 Å². The van der Waals surface area contributed by atoms with Gasteiger partial charge in [-0.3, -0.25) is 0 Å². The number of hydrogen-bond acceptors (Lipinski definition) is 4. The van der Waals surface area contributed by atoms with Crippen molar-refractivity contribution in [3.05, 3.63) is 11.7 Å². The Labute approximate surface area is 93.4 Å². The van der Waals surface area contributed by atoms with Gasteiger partial charge in [0.05, 0.1) is 0 Å². The van der Waals surface area contributed by atoms with E-state index >= 15 is 0 Å². The first kappa shape index (κ1) is 13.0. The molecule has 0 saturated carbocycles. The average Bonchev–Trinajstić information content (AvgIpc) is 2.82. The van der Waals surface area contributed by atoms with Gasteiger partial charge in [0.15, 0.2) is 0 Å². The molecule has 92 valence electrons. The van der Waals surface area contributed by atoms with Gasteiger partial charge in [0.2, 0.25) is 11.7 Å². The Bertz CT molecular complexity index is 298. The van der Waals surface area contributed by atoms with Gasteiger partial charge in [-0.05, 0) is 25.9 Å². The van der Waals surface area contributed by atoms with Crippen LogP contribution in [-0.2, 0) is 0 Å². The van der Waals surface area contributed by atoms with Crippen LogP contribution in [0.1, 0.15) is 50.7 Å². The van der Waals surface area contributed by atoms with Gasteiger partial charge in [0.1, 0.15) is 0 Å². The highest BCUT2D eigenvalue weighted by molar-refractivity contribution is 4.96. The first-order valence-corrected chi connectivity index (χ1v) is 5.59. The molecule has 6 heteroatoms. The molecule has 1 aromatic heterocycles. The largest absolute Gasteiger partial charge is 0.339 e. The lowest BCUT2D eigenvalue weighted by Gasteiger charge is -2.18. The van der Waals surface area contributed by atoms with Crippen LogP contribution in [0.25, 0.3) is 0 Å². The van der Waals surface area contributed by atoms with Crippen molar-refractivity contribution in [1.29, 1.82) is 0 Å². The van der Waals surface area contributed by atoms with E-state index in [4.69, 9.17) is 4.52 Å². The molecule has 4 nitrogen and oxygen atoms in total. The Morgan fingerprint density at radius 1 is 1.31 bits per heavy atom. The van der Waals surface area contributed by atoms with Crippen molar-refractivity contribution in [3.63, 3.8) is 0 Å². The number of nitrogens with one attached hydrogen (secondary N) is 1. The number of alkyl halides is 2. The highest BCUT2D eigenvalue weighted by atomic mass is 19.3. The zero-order valence-corrected chi connectivity index (χ0v) is 9.54. The van der Waals surface area contributed by atoms with E-state index in [1.807, 2.05) is 13.8 Å². The predicted molar refractivity (Wildman–Crippen MR) is 55.4 cm³/mol. The number of rotatable bonds is 2. The van der Waals surface area contributed by atoms with E-state index in [0.717, 1.165) is 25.9 Å². The van der Waals surface area contributed by atoms with Crippen molar-refractivity contribution in [2.24, 2.45) is 0 Å². The number of aromatic nitrogens is 2. The molecule has 1 saturated heterocycles. The maximum atomic E-state index is 12.2. The summed E-state index contributed by atoms with van der Waals surface area (Å²) in [4.78, 5) is 3.68. The van der Waals surface area contributed by atoms with Gasteiger partial charge in [0, 0.05) is 5.92 Å². The van der Waals surface area contributed by atoms with Crippen LogP contribution in [0.15, 0.2) is 4.52 Å². The van der Waals surface area contributed by atoms with Crippen LogP contribution in [0.5, 0.6) is 0 Å². The van der Waals surface area contributed by atoms with E-state index in [0.29, 0.717) is 5.89 Å². The minimum absolute atomic E-state index is 0.135. The van der Waals surface area contributed by atoms with E-state index in [1.54, 1.807) is 0 Å². The summed E-state index contributed by atoms with van der Waals surface area (Å²) < 4.78 is 29.1. The molecule has 0 aromatic carbocycles. The number of piperidine rings is 1. The minimum atomic E-state index is -2.64. The highest BCUT2D eigenvalue weighted by Crippen LogP contribution is 2.25. The van der Waals surface area contributed by atoms with Gasteiger partial charge >= 0.3 is 6.43 Å². The third-order valence-electron chi connectivity index (χ3n) is 2.34. The fourth-order valence-electron chi connectivity index (χ4n) is 1.57.